The monoisotopic (exact) mass is 413 g/mol. The van der Waals surface area contributed by atoms with Crippen molar-refractivity contribution in [1.29, 1.82) is 0 Å². The lowest BCUT2D eigenvalue weighted by atomic mass is 9.49. The third-order valence-electron chi connectivity index (χ3n) is 4.34. The first-order valence-electron chi connectivity index (χ1n) is 9.29. The smallest absolute Gasteiger partial charge is 0.272 e. The average molecular weight is 413 g/mol. The van der Waals surface area contributed by atoms with E-state index in [1.54, 1.807) is 18.2 Å². The van der Waals surface area contributed by atoms with Crippen molar-refractivity contribution in [2.45, 2.75) is 18.1 Å². The molecular weight excluding hydrogens is 395 g/mol. The fourth-order valence-electron chi connectivity index (χ4n) is 2.77. The number of nitrogens with one attached hydrogen (secondary N) is 3. The molecule has 1 aliphatic carbocycles. The maximum Gasteiger partial charge on any atom is 0.272 e. The van der Waals surface area contributed by atoms with Gasteiger partial charge in [-0.05, 0) is 25.0 Å². The zero-order valence-corrected chi connectivity index (χ0v) is 16.8. The van der Waals surface area contributed by atoms with Crippen LogP contribution in [0.25, 0.3) is 5.76 Å². The van der Waals surface area contributed by atoms with Gasteiger partial charge in [0.25, 0.3) is 5.91 Å². The third-order valence-corrected chi connectivity index (χ3v) is 4.34. The number of aliphatic hydroxyl groups excluding tert-OH is 1. The van der Waals surface area contributed by atoms with Gasteiger partial charge in [-0.15, -0.1) is 10.2 Å². The van der Waals surface area contributed by atoms with E-state index in [0.717, 1.165) is 12.8 Å². The van der Waals surface area contributed by atoms with Gasteiger partial charge >= 0.3 is 0 Å². The Morgan fingerprint density at radius 3 is 2.52 bits per heavy atom. The molecule has 3 rings (SSSR count). The Bertz CT molecular complexity index is 1040. The molecule has 1 aromatic carbocycles. The second-order valence-electron chi connectivity index (χ2n) is 7.10. The zero-order valence-electron chi connectivity index (χ0n) is 16.8. The molecule has 1 heterocycles. The molecule has 1 aliphatic rings. The largest absolute Gasteiger partial charge is 0.508 e. The molecule has 2 amide bonds. The molecule has 6 radical (unpaired) electrons. The minimum Gasteiger partial charge on any atom is -0.508 e. The van der Waals surface area contributed by atoms with Crippen LogP contribution >= 0.6 is 0 Å². The van der Waals surface area contributed by atoms with E-state index in [2.05, 4.69) is 32.7 Å². The normalized spacial score (nSPS) is 13.2. The van der Waals surface area contributed by atoms with Crippen LogP contribution in [0.1, 0.15) is 28.9 Å². The standard InChI is InChI=1S/C19H18B3N5O4/c1-9(28)11-4-3-5-12(16(11)31-2)23-13-8-14(24-17(29)10-6-7-10)26-27-15(13)18(30)25-19(20,21)22/h3-5,8,10,28H,1,6-7H2,2H3,(H,25,30)(H2,23,24,26,29). The van der Waals surface area contributed by atoms with Crippen molar-refractivity contribution in [3.05, 3.63) is 42.1 Å². The third kappa shape index (κ3) is 5.59. The molecule has 0 bridgehead atoms. The molecule has 12 heteroatoms. The molecule has 0 atom stereocenters. The van der Waals surface area contributed by atoms with Gasteiger partial charge < -0.3 is 25.8 Å². The number of aromatic nitrogens is 2. The number of ether oxygens (including phenoxy) is 1. The molecular formula is C19H18B3N5O4. The number of anilines is 3. The van der Waals surface area contributed by atoms with Crippen molar-refractivity contribution in [1.82, 2.24) is 15.5 Å². The number of methoxy groups -OCH3 is 1. The van der Waals surface area contributed by atoms with Gasteiger partial charge in [0, 0.05) is 12.0 Å². The lowest BCUT2D eigenvalue weighted by molar-refractivity contribution is -0.117. The van der Waals surface area contributed by atoms with Gasteiger partial charge in [0.1, 0.15) is 5.76 Å². The number of aliphatic hydroxyl groups is 1. The van der Waals surface area contributed by atoms with Crippen LogP contribution in [0.4, 0.5) is 17.2 Å². The molecule has 0 saturated heterocycles. The molecule has 4 N–H and O–H groups in total. The Balaban J connectivity index is 2.00. The first-order valence-corrected chi connectivity index (χ1v) is 9.29. The summed E-state index contributed by atoms with van der Waals surface area (Å²) in [6.45, 7) is 3.51. The minimum atomic E-state index is -1.98. The molecule has 1 saturated carbocycles. The van der Waals surface area contributed by atoms with E-state index in [9.17, 15) is 14.7 Å². The number of carbonyl (C=O) groups excluding carboxylic acids is 2. The predicted octanol–water partition coefficient (Wildman–Crippen LogP) is 0.953. The van der Waals surface area contributed by atoms with Crippen molar-refractivity contribution in [2.24, 2.45) is 5.92 Å². The first-order chi connectivity index (χ1) is 14.6. The average Bonchev–Trinajstić information content (AvgIpc) is 3.52. The molecule has 1 fully saturated rings. The van der Waals surface area contributed by atoms with Crippen LogP contribution in [-0.4, -0.2) is 63.0 Å². The highest BCUT2D eigenvalue weighted by Crippen LogP contribution is 2.35. The van der Waals surface area contributed by atoms with Gasteiger partial charge in [-0.2, -0.15) is 0 Å². The highest BCUT2D eigenvalue weighted by molar-refractivity contribution is 6.60. The van der Waals surface area contributed by atoms with Crippen molar-refractivity contribution < 1.29 is 19.4 Å². The van der Waals surface area contributed by atoms with E-state index < -0.39 is 11.1 Å². The number of amides is 2. The summed E-state index contributed by atoms with van der Waals surface area (Å²) in [6.07, 6.45) is 1.62. The highest BCUT2D eigenvalue weighted by Gasteiger charge is 2.30. The van der Waals surface area contributed by atoms with Crippen molar-refractivity contribution in [2.75, 3.05) is 17.7 Å². The molecule has 2 aromatic rings. The van der Waals surface area contributed by atoms with E-state index in [1.165, 1.54) is 13.2 Å². The summed E-state index contributed by atoms with van der Waals surface area (Å²) in [4.78, 5) is 24.7. The van der Waals surface area contributed by atoms with Crippen LogP contribution in [0.2, 0.25) is 0 Å². The fourth-order valence-corrected chi connectivity index (χ4v) is 2.77. The summed E-state index contributed by atoms with van der Waals surface area (Å²) < 4.78 is 5.38. The summed E-state index contributed by atoms with van der Waals surface area (Å²) in [7, 11) is 17.8. The van der Waals surface area contributed by atoms with Crippen molar-refractivity contribution in [3.63, 3.8) is 0 Å². The minimum absolute atomic E-state index is 0.0548. The second-order valence-corrected chi connectivity index (χ2v) is 7.10. The maximum atomic E-state index is 12.6. The topological polar surface area (TPSA) is 125 Å². The maximum absolute atomic E-state index is 12.6. The van der Waals surface area contributed by atoms with E-state index in [-0.39, 0.29) is 40.5 Å². The summed E-state index contributed by atoms with van der Waals surface area (Å²) in [6, 6.07) is 6.33. The second kappa shape index (κ2) is 8.75. The van der Waals surface area contributed by atoms with E-state index in [1.807, 2.05) is 0 Å². The lowest BCUT2D eigenvalue weighted by Crippen LogP contribution is -2.50. The van der Waals surface area contributed by atoms with Crippen LogP contribution in [-0.2, 0) is 4.79 Å². The Kier molecular flexibility index (Phi) is 6.28. The highest BCUT2D eigenvalue weighted by atomic mass is 16.5. The van der Waals surface area contributed by atoms with Crippen molar-refractivity contribution >= 4 is 58.3 Å². The van der Waals surface area contributed by atoms with Crippen LogP contribution in [0.5, 0.6) is 5.75 Å². The Hall–Kier alpha value is -3.43. The Morgan fingerprint density at radius 2 is 1.94 bits per heavy atom. The number of hydrogen-bond donors (Lipinski definition) is 4. The van der Waals surface area contributed by atoms with Crippen LogP contribution in [0.3, 0.4) is 0 Å². The molecule has 0 aliphatic heterocycles. The van der Waals surface area contributed by atoms with Gasteiger partial charge in [0.05, 0.1) is 47.6 Å². The van der Waals surface area contributed by atoms with Gasteiger partial charge in [-0.1, -0.05) is 17.9 Å². The number of rotatable bonds is 8. The van der Waals surface area contributed by atoms with Gasteiger partial charge in [0.15, 0.2) is 17.3 Å². The Morgan fingerprint density at radius 1 is 1.23 bits per heavy atom. The molecule has 0 unspecified atom stereocenters. The SMILES string of the molecule is [B]C([B])([B])NC(=O)c1nnc(NC(=O)C2CC2)cc1Nc1cccc(C(=C)O)c1OC. The molecule has 0 spiro atoms. The van der Waals surface area contributed by atoms with E-state index in [0.29, 0.717) is 11.3 Å². The molecule has 152 valence electrons. The quantitative estimate of drug-likeness (QED) is 0.375. The molecule has 31 heavy (non-hydrogen) atoms. The van der Waals surface area contributed by atoms with Gasteiger partial charge in [-0.25, -0.2) is 0 Å². The molecule has 1 aromatic heterocycles. The van der Waals surface area contributed by atoms with E-state index >= 15 is 0 Å². The summed E-state index contributed by atoms with van der Waals surface area (Å²) in [5.74, 6) is -0.837. The number of benzene rings is 1. The Labute approximate surface area is 183 Å². The predicted molar refractivity (Wildman–Crippen MR) is 119 cm³/mol. The summed E-state index contributed by atoms with van der Waals surface area (Å²) >= 11 is 0. The number of para-hydroxylation sites is 1. The zero-order chi connectivity index (χ0) is 22.8. The van der Waals surface area contributed by atoms with E-state index in [4.69, 9.17) is 28.3 Å². The van der Waals surface area contributed by atoms with Gasteiger partial charge in [0.2, 0.25) is 5.91 Å². The summed E-state index contributed by atoms with van der Waals surface area (Å²) in [5, 5.41) is 23.5. The number of hydrogen-bond acceptors (Lipinski definition) is 7. The van der Waals surface area contributed by atoms with Crippen LogP contribution < -0.4 is 20.7 Å². The number of carbonyl (C=O) groups is 2. The number of nitrogens with zero attached hydrogens (tertiary/aromatic N) is 2. The van der Waals surface area contributed by atoms with Gasteiger partial charge in [-0.3, -0.25) is 9.59 Å². The lowest BCUT2D eigenvalue weighted by Gasteiger charge is -2.23. The fraction of sp³-hybridized carbons (Fsp3) is 0.263. The van der Waals surface area contributed by atoms with Crippen LogP contribution in [0, 0.1) is 5.92 Å². The van der Waals surface area contributed by atoms with Crippen molar-refractivity contribution in [3.8, 4) is 5.75 Å². The molecule has 9 nitrogen and oxygen atoms in total. The first kappa shape index (κ1) is 22.3. The summed E-state index contributed by atoms with van der Waals surface area (Å²) in [5.41, 5.74) is 0.691. The van der Waals surface area contributed by atoms with Crippen LogP contribution in [0.15, 0.2) is 30.8 Å².